The van der Waals surface area contributed by atoms with Crippen LogP contribution in [0.3, 0.4) is 0 Å². The first-order chi connectivity index (χ1) is 13.1. The van der Waals surface area contributed by atoms with Gasteiger partial charge in [-0.15, -0.1) is 0 Å². The average Bonchev–Trinajstić information content (AvgIpc) is 2.62. The van der Waals surface area contributed by atoms with E-state index in [0.717, 1.165) is 60.7 Å². The number of nitrogens with one attached hydrogen (secondary N) is 1. The summed E-state index contributed by atoms with van der Waals surface area (Å²) in [7, 11) is -3.87. The maximum absolute atomic E-state index is 13.5. The Morgan fingerprint density at radius 2 is 1.93 bits per heavy atom. The highest BCUT2D eigenvalue weighted by atomic mass is 32.2. The number of halogens is 2. The van der Waals surface area contributed by atoms with Crippen LogP contribution in [0.25, 0.3) is 0 Å². The van der Waals surface area contributed by atoms with E-state index in [-0.39, 0.29) is 5.69 Å². The molecule has 0 radical (unpaired) electrons. The van der Waals surface area contributed by atoms with E-state index in [1.807, 2.05) is 0 Å². The lowest BCUT2D eigenvalue weighted by Gasteiger charge is -2.30. The van der Waals surface area contributed by atoms with Gasteiger partial charge in [0.1, 0.15) is 6.04 Å². The fourth-order valence-corrected chi connectivity index (χ4v) is 4.55. The number of likely N-dealkylation sites (tertiary alicyclic amines) is 1. The zero-order chi connectivity index (χ0) is 20.9. The molecule has 28 heavy (non-hydrogen) atoms. The number of amides is 1. The number of rotatable bonds is 8. The highest BCUT2D eigenvalue weighted by molar-refractivity contribution is 7.92. The van der Waals surface area contributed by atoms with Gasteiger partial charge in [0, 0.05) is 12.6 Å². The normalized spacial score (nSPS) is 17.3. The maximum Gasteiger partial charge on any atom is 0.243 e. The van der Waals surface area contributed by atoms with Crippen molar-refractivity contribution in [3.05, 3.63) is 29.8 Å². The van der Waals surface area contributed by atoms with Crippen LogP contribution in [0.5, 0.6) is 0 Å². The van der Waals surface area contributed by atoms with Gasteiger partial charge in [0.2, 0.25) is 15.9 Å². The second kappa shape index (κ2) is 9.65. The van der Waals surface area contributed by atoms with Gasteiger partial charge in [0.15, 0.2) is 11.6 Å². The number of hydrogen-bond donors (Lipinski definition) is 1. The summed E-state index contributed by atoms with van der Waals surface area (Å²) < 4.78 is 51.8. The Hall–Kier alpha value is -1.74. The Labute approximate surface area is 165 Å². The second-order valence-electron chi connectivity index (χ2n) is 7.50. The van der Waals surface area contributed by atoms with E-state index >= 15 is 0 Å². The van der Waals surface area contributed by atoms with Crippen LogP contribution in [0.15, 0.2) is 18.2 Å². The van der Waals surface area contributed by atoms with Crippen molar-refractivity contribution in [1.29, 1.82) is 0 Å². The lowest BCUT2D eigenvalue weighted by atomic mass is 9.99. The number of benzene rings is 1. The highest BCUT2D eigenvalue weighted by Crippen LogP contribution is 2.23. The summed E-state index contributed by atoms with van der Waals surface area (Å²) in [5.41, 5.74) is -0.0912. The van der Waals surface area contributed by atoms with Crippen LogP contribution in [0.2, 0.25) is 0 Å². The van der Waals surface area contributed by atoms with Gasteiger partial charge < -0.3 is 10.2 Å². The Morgan fingerprint density at radius 3 is 2.50 bits per heavy atom. The molecule has 0 spiro atoms. The lowest BCUT2D eigenvalue weighted by molar-refractivity contribution is -0.121. The number of anilines is 1. The molecule has 1 atom stereocenters. The quantitative estimate of drug-likeness (QED) is 0.660. The fraction of sp³-hybridized carbons (Fsp3) is 0.632. The molecule has 9 heteroatoms. The van der Waals surface area contributed by atoms with E-state index in [2.05, 4.69) is 17.1 Å². The third-order valence-corrected chi connectivity index (χ3v) is 6.31. The molecule has 0 unspecified atom stereocenters. The van der Waals surface area contributed by atoms with Crippen molar-refractivity contribution in [3.8, 4) is 0 Å². The number of carbonyl (C=O) groups is 1. The Kier molecular flexibility index (Phi) is 7.77. The smallest absolute Gasteiger partial charge is 0.243 e. The minimum Gasteiger partial charge on any atom is -0.354 e. The van der Waals surface area contributed by atoms with Crippen LogP contribution in [0.4, 0.5) is 14.5 Å². The number of hydrogen-bond acceptors (Lipinski definition) is 4. The standard InChI is InChI=1S/C19H29F2N3O3S/c1-14-7-11-23(12-8-14)10-4-9-22-19(25)15(2)24(28(3,26)27)16-5-6-17(20)18(21)13-16/h5-6,13-15H,4,7-12H2,1-3H3,(H,22,25)/t15-/m1/s1. The summed E-state index contributed by atoms with van der Waals surface area (Å²) in [5, 5.41) is 2.74. The van der Waals surface area contributed by atoms with E-state index in [4.69, 9.17) is 0 Å². The second-order valence-corrected chi connectivity index (χ2v) is 9.36. The minimum atomic E-state index is -3.87. The Morgan fingerprint density at radius 1 is 1.29 bits per heavy atom. The van der Waals surface area contributed by atoms with Crippen molar-refractivity contribution < 1.29 is 22.0 Å². The van der Waals surface area contributed by atoms with Crippen molar-refractivity contribution in [2.75, 3.05) is 36.7 Å². The zero-order valence-corrected chi connectivity index (χ0v) is 17.4. The van der Waals surface area contributed by atoms with Gasteiger partial charge >= 0.3 is 0 Å². The molecule has 1 fully saturated rings. The number of nitrogens with zero attached hydrogens (tertiary/aromatic N) is 2. The molecular weight excluding hydrogens is 388 g/mol. The Bertz CT molecular complexity index is 781. The third kappa shape index (κ3) is 6.13. The molecule has 1 aliphatic rings. The molecule has 1 amide bonds. The summed E-state index contributed by atoms with van der Waals surface area (Å²) in [4.78, 5) is 14.8. The monoisotopic (exact) mass is 417 g/mol. The molecule has 6 nitrogen and oxygen atoms in total. The molecule has 2 rings (SSSR count). The van der Waals surface area contributed by atoms with Crippen molar-refractivity contribution >= 4 is 21.6 Å². The Balaban J connectivity index is 1.93. The molecule has 1 aromatic carbocycles. The summed E-state index contributed by atoms with van der Waals surface area (Å²) in [6.07, 6.45) is 4.05. The minimum absolute atomic E-state index is 0.0912. The van der Waals surface area contributed by atoms with Gasteiger partial charge in [-0.3, -0.25) is 9.10 Å². The van der Waals surface area contributed by atoms with E-state index in [9.17, 15) is 22.0 Å². The molecule has 0 aromatic heterocycles. The van der Waals surface area contributed by atoms with Crippen molar-refractivity contribution in [1.82, 2.24) is 10.2 Å². The van der Waals surface area contributed by atoms with E-state index in [1.54, 1.807) is 0 Å². The molecule has 1 aromatic rings. The van der Waals surface area contributed by atoms with Gasteiger partial charge in [-0.25, -0.2) is 17.2 Å². The highest BCUT2D eigenvalue weighted by Gasteiger charge is 2.29. The van der Waals surface area contributed by atoms with Crippen molar-refractivity contribution in [2.24, 2.45) is 5.92 Å². The number of carbonyl (C=O) groups excluding carboxylic acids is 1. The summed E-state index contributed by atoms with van der Waals surface area (Å²) in [6, 6.07) is 1.67. The number of sulfonamides is 1. The predicted octanol–water partition coefficient (Wildman–Crippen LogP) is 2.36. The first-order valence-corrected chi connectivity index (χ1v) is 11.4. The topological polar surface area (TPSA) is 69.7 Å². The molecule has 158 valence electrons. The molecule has 0 aliphatic carbocycles. The van der Waals surface area contributed by atoms with Crippen LogP contribution in [0, 0.1) is 17.6 Å². The summed E-state index contributed by atoms with van der Waals surface area (Å²) in [5.74, 6) is -1.98. The largest absolute Gasteiger partial charge is 0.354 e. The summed E-state index contributed by atoms with van der Waals surface area (Å²) >= 11 is 0. The third-order valence-electron chi connectivity index (χ3n) is 5.07. The van der Waals surface area contributed by atoms with Gasteiger partial charge in [-0.2, -0.15) is 0 Å². The zero-order valence-electron chi connectivity index (χ0n) is 16.6. The SMILES string of the molecule is CC1CCN(CCCNC(=O)[C@@H](C)N(c2ccc(F)c(F)c2)S(C)(=O)=O)CC1. The molecule has 1 N–H and O–H groups in total. The lowest BCUT2D eigenvalue weighted by Crippen LogP contribution is -2.48. The van der Waals surface area contributed by atoms with Gasteiger partial charge in [-0.05, 0) is 63.9 Å². The molecular formula is C19H29F2N3O3S. The van der Waals surface area contributed by atoms with Crippen molar-refractivity contribution in [2.45, 2.75) is 39.2 Å². The van der Waals surface area contributed by atoms with Gasteiger partial charge in [0.25, 0.3) is 0 Å². The van der Waals surface area contributed by atoms with Gasteiger partial charge in [0.05, 0.1) is 11.9 Å². The average molecular weight is 418 g/mol. The van der Waals surface area contributed by atoms with Gasteiger partial charge in [-0.1, -0.05) is 6.92 Å². The fourth-order valence-electron chi connectivity index (χ4n) is 3.38. The first-order valence-electron chi connectivity index (χ1n) is 9.54. The van der Waals surface area contributed by atoms with Crippen molar-refractivity contribution in [3.63, 3.8) is 0 Å². The molecule has 1 heterocycles. The molecule has 1 aliphatic heterocycles. The maximum atomic E-state index is 13.5. The number of piperidine rings is 1. The van der Waals surface area contributed by atoms with E-state index < -0.39 is 33.6 Å². The molecule has 0 bridgehead atoms. The molecule has 0 saturated carbocycles. The van der Waals surface area contributed by atoms with Crippen LogP contribution in [-0.2, 0) is 14.8 Å². The molecule has 1 saturated heterocycles. The van der Waals surface area contributed by atoms with E-state index in [1.165, 1.54) is 19.8 Å². The predicted molar refractivity (Wildman–Crippen MR) is 106 cm³/mol. The van der Waals surface area contributed by atoms with Crippen LogP contribution < -0.4 is 9.62 Å². The summed E-state index contributed by atoms with van der Waals surface area (Å²) in [6.45, 7) is 7.08. The van der Waals surface area contributed by atoms with Crippen LogP contribution in [0.1, 0.15) is 33.1 Å². The van der Waals surface area contributed by atoms with Crippen LogP contribution >= 0.6 is 0 Å². The van der Waals surface area contributed by atoms with Crippen LogP contribution in [-0.4, -0.2) is 57.7 Å². The van der Waals surface area contributed by atoms with E-state index in [0.29, 0.717) is 6.54 Å². The first kappa shape index (κ1) is 22.5.